The summed E-state index contributed by atoms with van der Waals surface area (Å²) in [7, 11) is 0. The number of fused-ring (bicyclic) bond motifs is 3. The van der Waals surface area contributed by atoms with Crippen molar-refractivity contribution in [2.45, 2.75) is 62.8 Å². The first-order valence-electron chi connectivity index (χ1n) is 11.1. The average Bonchev–Trinajstić information content (AvgIpc) is 3.35. The molecule has 1 fully saturated rings. The third-order valence-corrected chi connectivity index (χ3v) is 8.49. The monoisotopic (exact) mass is 453 g/mol. The summed E-state index contributed by atoms with van der Waals surface area (Å²) in [5.74, 6) is 0.142. The molecular weight excluding hydrogens is 426 g/mol. The van der Waals surface area contributed by atoms with Crippen molar-refractivity contribution in [3.63, 3.8) is 0 Å². The van der Waals surface area contributed by atoms with Gasteiger partial charge in [-0.2, -0.15) is 0 Å². The maximum absolute atomic E-state index is 13.8. The van der Waals surface area contributed by atoms with E-state index in [2.05, 4.69) is 0 Å². The zero-order valence-electron chi connectivity index (χ0n) is 18.0. The van der Waals surface area contributed by atoms with Gasteiger partial charge in [0, 0.05) is 18.0 Å². The Labute approximate surface area is 190 Å². The summed E-state index contributed by atoms with van der Waals surface area (Å²) in [6, 6.07) is 7.96. The van der Waals surface area contributed by atoms with Gasteiger partial charge in [0.1, 0.15) is 4.83 Å². The molecule has 0 bridgehead atoms. The highest BCUT2D eigenvalue weighted by atomic mass is 32.2. The van der Waals surface area contributed by atoms with Crippen molar-refractivity contribution in [3.8, 4) is 5.69 Å². The van der Waals surface area contributed by atoms with Crippen molar-refractivity contribution in [2.75, 3.05) is 13.1 Å². The van der Waals surface area contributed by atoms with Crippen LogP contribution in [-0.4, -0.2) is 38.7 Å². The lowest BCUT2D eigenvalue weighted by Gasteiger charge is -2.29. The largest absolute Gasteiger partial charge is 0.342 e. The van der Waals surface area contributed by atoms with E-state index in [0.717, 1.165) is 66.7 Å². The summed E-state index contributed by atoms with van der Waals surface area (Å²) >= 11 is 3.06. The number of amides is 1. The molecule has 1 aliphatic heterocycles. The van der Waals surface area contributed by atoms with Gasteiger partial charge >= 0.3 is 0 Å². The molecule has 31 heavy (non-hydrogen) atoms. The lowest BCUT2D eigenvalue weighted by Crippen LogP contribution is -2.40. The van der Waals surface area contributed by atoms with Crippen LogP contribution in [0, 0.1) is 6.92 Å². The normalized spacial score (nSPS) is 17.2. The van der Waals surface area contributed by atoms with E-state index in [9.17, 15) is 9.59 Å². The Morgan fingerprint density at radius 2 is 1.97 bits per heavy atom. The number of thiophene rings is 1. The molecule has 1 unspecified atom stereocenters. The molecule has 5 rings (SSSR count). The van der Waals surface area contributed by atoms with E-state index < -0.39 is 0 Å². The van der Waals surface area contributed by atoms with Crippen LogP contribution in [-0.2, 0) is 17.6 Å². The maximum Gasteiger partial charge on any atom is 0.267 e. The highest BCUT2D eigenvalue weighted by Crippen LogP contribution is 2.36. The Kier molecular flexibility index (Phi) is 5.65. The van der Waals surface area contributed by atoms with Crippen LogP contribution in [0.25, 0.3) is 15.9 Å². The van der Waals surface area contributed by atoms with E-state index in [1.807, 2.05) is 43.0 Å². The van der Waals surface area contributed by atoms with E-state index in [0.29, 0.717) is 5.16 Å². The molecule has 0 N–H and O–H groups in total. The Hall–Kier alpha value is -2.12. The molecule has 3 aromatic rings. The maximum atomic E-state index is 13.8. The number of carbonyl (C=O) groups excluding carboxylic acids is 1. The Morgan fingerprint density at radius 3 is 2.74 bits per heavy atom. The first-order valence-corrected chi connectivity index (χ1v) is 12.8. The van der Waals surface area contributed by atoms with Crippen molar-refractivity contribution in [2.24, 2.45) is 0 Å². The van der Waals surface area contributed by atoms with Gasteiger partial charge in [-0.1, -0.05) is 23.9 Å². The number of benzene rings is 1. The van der Waals surface area contributed by atoms with Gasteiger partial charge in [-0.05, 0) is 75.6 Å². The molecule has 5 nitrogen and oxygen atoms in total. The Bertz CT molecular complexity index is 1210. The third kappa shape index (κ3) is 3.82. The van der Waals surface area contributed by atoms with Gasteiger partial charge in [-0.15, -0.1) is 11.3 Å². The molecule has 0 spiro atoms. The van der Waals surface area contributed by atoms with E-state index in [1.54, 1.807) is 15.9 Å². The van der Waals surface area contributed by atoms with Crippen molar-refractivity contribution in [1.29, 1.82) is 0 Å². The summed E-state index contributed by atoms with van der Waals surface area (Å²) in [5.41, 5.74) is 3.09. The lowest BCUT2D eigenvalue weighted by atomic mass is 10.1. The number of piperidine rings is 1. The predicted molar refractivity (Wildman–Crippen MR) is 128 cm³/mol. The molecule has 2 aromatic heterocycles. The SMILES string of the molecule is Cc1cccc(-n2c(SC(C)C(=O)N3CCCCC3)nc3sc4c(c3c2=O)CCC4)c1. The number of aryl methyl sites for hydroxylation is 3. The summed E-state index contributed by atoms with van der Waals surface area (Å²) in [4.78, 5) is 35.8. The Balaban J connectivity index is 1.60. The predicted octanol–water partition coefficient (Wildman–Crippen LogP) is 4.74. The zero-order chi connectivity index (χ0) is 21.5. The second kappa shape index (κ2) is 8.43. The number of rotatable bonds is 4. The molecule has 1 aromatic carbocycles. The molecule has 0 saturated carbocycles. The van der Waals surface area contributed by atoms with Crippen LogP contribution in [0.1, 0.15) is 48.6 Å². The molecule has 1 aliphatic carbocycles. The van der Waals surface area contributed by atoms with E-state index >= 15 is 0 Å². The van der Waals surface area contributed by atoms with Gasteiger partial charge in [0.25, 0.3) is 5.56 Å². The van der Waals surface area contributed by atoms with Crippen molar-refractivity contribution >= 4 is 39.2 Å². The lowest BCUT2D eigenvalue weighted by molar-refractivity contribution is -0.131. The molecule has 1 amide bonds. The molecule has 0 radical (unpaired) electrons. The first-order chi connectivity index (χ1) is 15.0. The molecular formula is C24H27N3O2S2. The van der Waals surface area contributed by atoms with Crippen molar-refractivity contribution in [3.05, 3.63) is 50.6 Å². The summed E-state index contributed by atoms with van der Waals surface area (Å²) in [6.45, 7) is 5.63. The quantitative estimate of drug-likeness (QED) is 0.423. The minimum Gasteiger partial charge on any atom is -0.342 e. The zero-order valence-corrected chi connectivity index (χ0v) is 19.7. The minimum atomic E-state index is -0.287. The number of hydrogen-bond donors (Lipinski definition) is 0. The molecule has 1 atom stereocenters. The van der Waals surface area contributed by atoms with Crippen LogP contribution in [0.5, 0.6) is 0 Å². The van der Waals surface area contributed by atoms with Gasteiger partial charge in [0.05, 0.1) is 16.3 Å². The third-order valence-electron chi connectivity index (χ3n) is 6.27. The van der Waals surface area contributed by atoms with Crippen LogP contribution in [0.15, 0.2) is 34.2 Å². The van der Waals surface area contributed by atoms with Gasteiger partial charge < -0.3 is 4.90 Å². The molecule has 162 valence electrons. The average molecular weight is 454 g/mol. The fourth-order valence-electron chi connectivity index (χ4n) is 4.68. The van der Waals surface area contributed by atoms with E-state index in [1.165, 1.54) is 28.6 Å². The number of aromatic nitrogens is 2. The van der Waals surface area contributed by atoms with Gasteiger partial charge in [-0.25, -0.2) is 4.98 Å². The van der Waals surface area contributed by atoms with Crippen LogP contribution < -0.4 is 5.56 Å². The molecule has 2 aliphatic rings. The van der Waals surface area contributed by atoms with Gasteiger partial charge in [0.15, 0.2) is 5.16 Å². The second-order valence-electron chi connectivity index (χ2n) is 8.56. The van der Waals surface area contributed by atoms with Crippen LogP contribution in [0.4, 0.5) is 0 Å². The minimum absolute atomic E-state index is 0.00452. The van der Waals surface area contributed by atoms with Crippen molar-refractivity contribution in [1.82, 2.24) is 14.5 Å². The van der Waals surface area contributed by atoms with E-state index in [4.69, 9.17) is 4.98 Å². The standard InChI is InChI=1S/C24H27N3O2S2/c1-15-8-6-9-17(14-15)27-23(29)20-18-10-7-11-19(18)31-21(20)25-24(27)30-16(2)22(28)26-12-4-3-5-13-26/h6,8-9,14,16H,3-5,7,10-13H2,1-2H3. The van der Waals surface area contributed by atoms with Crippen molar-refractivity contribution < 1.29 is 4.79 Å². The Morgan fingerprint density at radius 1 is 1.16 bits per heavy atom. The van der Waals surface area contributed by atoms with Crippen LogP contribution in [0.3, 0.4) is 0 Å². The molecule has 7 heteroatoms. The van der Waals surface area contributed by atoms with Crippen LogP contribution in [0.2, 0.25) is 0 Å². The number of thioether (sulfide) groups is 1. The summed E-state index contributed by atoms with van der Waals surface area (Å²) in [5, 5.41) is 1.10. The van der Waals surface area contributed by atoms with E-state index in [-0.39, 0.29) is 16.7 Å². The fraction of sp³-hybridized carbons (Fsp3) is 0.458. The summed E-state index contributed by atoms with van der Waals surface area (Å²) in [6.07, 6.45) is 6.44. The molecule has 1 saturated heterocycles. The highest BCUT2D eigenvalue weighted by Gasteiger charge is 2.28. The number of nitrogens with zero attached hydrogens (tertiary/aromatic N) is 3. The fourth-order valence-corrected chi connectivity index (χ4v) is 6.99. The van der Waals surface area contributed by atoms with Gasteiger partial charge in [-0.3, -0.25) is 14.2 Å². The number of hydrogen-bond acceptors (Lipinski definition) is 5. The molecule has 3 heterocycles. The topological polar surface area (TPSA) is 55.2 Å². The second-order valence-corrected chi connectivity index (χ2v) is 10.9. The van der Waals surface area contributed by atoms with Crippen LogP contribution >= 0.6 is 23.1 Å². The van der Waals surface area contributed by atoms with Gasteiger partial charge in [0.2, 0.25) is 5.91 Å². The summed E-state index contributed by atoms with van der Waals surface area (Å²) < 4.78 is 1.73. The highest BCUT2D eigenvalue weighted by molar-refractivity contribution is 8.00. The smallest absolute Gasteiger partial charge is 0.267 e. The number of likely N-dealkylation sites (tertiary alicyclic amines) is 1. The first kappa shape index (κ1) is 20.8. The number of carbonyl (C=O) groups is 1.